The molecule has 0 unspecified atom stereocenters. The summed E-state index contributed by atoms with van der Waals surface area (Å²) in [5, 5.41) is 4.01. The number of hydrogen-bond acceptors (Lipinski definition) is 5. The molecule has 0 atom stereocenters. The van der Waals surface area contributed by atoms with Gasteiger partial charge >= 0.3 is 0 Å². The molecule has 0 aliphatic carbocycles. The van der Waals surface area contributed by atoms with Gasteiger partial charge in [-0.25, -0.2) is 0 Å². The Hall–Kier alpha value is -1.72. The summed E-state index contributed by atoms with van der Waals surface area (Å²) in [6, 6.07) is 9.60. The standard InChI is InChI=1S/C13H11ClN4S/c1-18(10-3-2-6-15-8-10)13-16-11-5-4-9(14)7-12(11)19-17-13/h2-8H,1H3,(H,16,17). The van der Waals surface area contributed by atoms with Crippen molar-refractivity contribution >= 4 is 40.9 Å². The molecule has 1 aromatic heterocycles. The fourth-order valence-corrected chi connectivity index (χ4v) is 2.72. The highest BCUT2D eigenvalue weighted by atomic mass is 35.5. The van der Waals surface area contributed by atoms with Crippen LogP contribution >= 0.6 is 23.5 Å². The van der Waals surface area contributed by atoms with E-state index in [1.165, 1.54) is 11.9 Å². The molecule has 2 heterocycles. The fourth-order valence-electron chi connectivity index (χ4n) is 1.73. The Labute approximate surface area is 120 Å². The lowest BCUT2D eigenvalue weighted by atomic mass is 10.3. The minimum atomic E-state index is 0.715. The molecule has 0 bridgehead atoms. The smallest absolute Gasteiger partial charge is 0.214 e. The van der Waals surface area contributed by atoms with Crippen molar-refractivity contribution in [2.75, 3.05) is 17.3 Å². The van der Waals surface area contributed by atoms with Crippen LogP contribution in [0.15, 0.2) is 52.0 Å². The van der Waals surface area contributed by atoms with Crippen LogP contribution in [0.3, 0.4) is 0 Å². The van der Waals surface area contributed by atoms with Gasteiger partial charge < -0.3 is 10.2 Å². The highest BCUT2D eigenvalue weighted by molar-refractivity contribution is 7.98. The first-order chi connectivity index (χ1) is 9.24. The van der Waals surface area contributed by atoms with Crippen LogP contribution in [0.4, 0.5) is 11.4 Å². The third-order valence-electron chi connectivity index (χ3n) is 2.77. The number of halogens is 1. The quantitative estimate of drug-likeness (QED) is 0.814. The van der Waals surface area contributed by atoms with Gasteiger partial charge in [0.05, 0.1) is 22.5 Å². The van der Waals surface area contributed by atoms with Crippen LogP contribution in [0.1, 0.15) is 0 Å². The normalized spacial score (nSPS) is 13.3. The number of nitrogens with one attached hydrogen (secondary N) is 1. The van der Waals surface area contributed by atoms with Gasteiger partial charge in [0.2, 0.25) is 5.96 Å². The molecule has 2 aromatic rings. The average molecular weight is 291 g/mol. The van der Waals surface area contributed by atoms with Crippen LogP contribution in [0.5, 0.6) is 0 Å². The summed E-state index contributed by atoms with van der Waals surface area (Å²) >= 11 is 7.38. The molecular weight excluding hydrogens is 280 g/mol. The van der Waals surface area contributed by atoms with Gasteiger partial charge in [-0.3, -0.25) is 4.98 Å². The Bertz CT molecular complexity index is 630. The molecule has 1 N–H and O–H groups in total. The Balaban J connectivity index is 1.86. The van der Waals surface area contributed by atoms with Crippen LogP contribution in [0.25, 0.3) is 0 Å². The van der Waals surface area contributed by atoms with E-state index in [4.69, 9.17) is 11.6 Å². The lowest BCUT2D eigenvalue weighted by molar-refractivity contribution is 1.20. The van der Waals surface area contributed by atoms with Crippen molar-refractivity contribution in [1.82, 2.24) is 4.98 Å². The SMILES string of the molecule is CN(C1=NSc2cc(Cl)ccc2N1)c1cccnc1. The van der Waals surface area contributed by atoms with Crippen LogP contribution in [0.2, 0.25) is 5.02 Å². The van der Waals surface area contributed by atoms with E-state index in [0.717, 1.165) is 22.2 Å². The zero-order valence-corrected chi connectivity index (χ0v) is 11.7. The molecule has 0 saturated heterocycles. The number of aromatic nitrogens is 1. The van der Waals surface area contributed by atoms with E-state index >= 15 is 0 Å². The number of hydrogen-bond donors (Lipinski definition) is 1. The number of rotatable bonds is 1. The second-order valence-corrected chi connectivity index (χ2v) is 5.28. The Morgan fingerprint density at radius 2 is 2.21 bits per heavy atom. The van der Waals surface area contributed by atoms with Gasteiger partial charge in [0.1, 0.15) is 0 Å². The summed E-state index contributed by atoms with van der Waals surface area (Å²) in [5.74, 6) is 0.771. The zero-order valence-electron chi connectivity index (χ0n) is 10.2. The second-order valence-electron chi connectivity index (χ2n) is 4.04. The molecule has 0 saturated carbocycles. The topological polar surface area (TPSA) is 40.5 Å². The molecule has 19 heavy (non-hydrogen) atoms. The number of benzene rings is 1. The lowest BCUT2D eigenvalue weighted by Gasteiger charge is -2.25. The highest BCUT2D eigenvalue weighted by Crippen LogP contribution is 2.34. The Morgan fingerprint density at radius 1 is 1.32 bits per heavy atom. The first kappa shape index (κ1) is 12.3. The first-order valence-electron chi connectivity index (χ1n) is 5.69. The number of pyridine rings is 1. The molecule has 1 aliphatic heterocycles. The van der Waals surface area contributed by atoms with E-state index in [9.17, 15) is 0 Å². The molecular formula is C13H11ClN4S. The molecule has 96 valence electrons. The Morgan fingerprint density at radius 3 is 3.00 bits per heavy atom. The highest BCUT2D eigenvalue weighted by Gasteiger charge is 2.17. The monoisotopic (exact) mass is 290 g/mol. The zero-order chi connectivity index (χ0) is 13.2. The van der Waals surface area contributed by atoms with Crippen molar-refractivity contribution in [3.63, 3.8) is 0 Å². The molecule has 0 amide bonds. The van der Waals surface area contributed by atoms with Crippen LogP contribution in [-0.4, -0.2) is 18.0 Å². The van der Waals surface area contributed by atoms with Crippen molar-refractivity contribution in [3.8, 4) is 0 Å². The molecule has 0 spiro atoms. The second kappa shape index (κ2) is 5.11. The molecule has 0 fully saturated rings. The van der Waals surface area contributed by atoms with Crippen molar-refractivity contribution in [2.45, 2.75) is 4.90 Å². The maximum Gasteiger partial charge on any atom is 0.214 e. The van der Waals surface area contributed by atoms with Crippen LogP contribution in [-0.2, 0) is 0 Å². The third-order valence-corrected chi connectivity index (χ3v) is 3.81. The summed E-state index contributed by atoms with van der Waals surface area (Å²) in [5.41, 5.74) is 1.99. The molecule has 6 heteroatoms. The van der Waals surface area contributed by atoms with E-state index in [1.54, 1.807) is 12.4 Å². The maximum absolute atomic E-state index is 5.96. The minimum Gasteiger partial charge on any atom is -0.324 e. The number of fused-ring (bicyclic) bond motifs is 1. The summed E-state index contributed by atoms with van der Waals surface area (Å²) < 4.78 is 4.45. The van der Waals surface area contributed by atoms with Crippen LogP contribution < -0.4 is 10.2 Å². The summed E-state index contributed by atoms with van der Waals surface area (Å²) in [4.78, 5) is 7.09. The molecule has 4 nitrogen and oxygen atoms in total. The van der Waals surface area contributed by atoms with Gasteiger partial charge in [-0.1, -0.05) is 11.6 Å². The lowest BCUT2D eigenvalue weighted by Crippen LogP contribution is -2.33. The first-order valence-corrected chi connectivity index (χ1v) is 6.84. The van der Waals surface area contributed by atoms with Gasteiger partial charge in [-0.2, -0.15) is 4.40 Å². The average Bonchev–Trinajstić information content (AvgIpc) is 2.47. The number of guanidine groups is 1. The molecule has 0 radical (unpaired) electrons. The van der Waals surface area contributed by atoms with Crippen molar-refractivity contribution in [2.24, 2.45) is 4.40 Å². The molecule has 3 rings (SSSR count). The Kier molecular flexibility index (Phi) is 3.31. The summed E-state index contributed by atoms with van der Waals surface area (Å²) in [6.45, 7) is 0. The number of nitrogens with zero attached hydrogens (tertiary/aromatic N) is 3. The third kappa shape index (κ3) is 2.52. The van der Waals surface area contributed by atoms with Gasteiger partial charge in [0.25, 0.3) is 0 Å². The van der Waals surface area contributed by atoms with Gasteiger partial charge in [-0.05, 0) is 30.3 Å². The minimum absolute atomic E-state index is 0.715. The van der Waals surface area contributed by atoms with Crippen molar-refractivity contribution in [3.05, 3.63) is 47.7 Å². The molecule has 1 aromatic carbocycles. The van der Waals surface area contributed by atoms with Crippen molar-refractivity contribution in [1.29, 1.82) is 0 Å². The van der Waals surface area contributed by atoms with E-state index in [2.05, 4.69) is 14.7 Å². The maximum atomic E-state index is 5.96. The van der Waals surface area contributed by atoms with E-state index in [1.807, 2.05) is 42.3 Å². The van der Waals surface area contributed by atoms with E-state index < -0.39 is 0 Å². The van der Waals surface area contributed by atoms with Gasteiger partial charge in [0.15, 0.2) is 0 Å². The van der Waals surface area contributed by atoms with Gasteiger partial charge in [-0.15, -0.1) is 0 Å². The van der Waals surface area contributed by atoms with Gasteiger partial charge in [0, 0.05) is 30.2 Å². The summed E-state index contributed by atoms with van der Waals surface area (Å²) in [6.07, 6.45) is 3.55. The predicted octanol–water partition coefficient (Wildman–Crippen LogP) is 3.66. The van der Waals surface area contributed by atoms with E-state index in [0.29, 0.717) is 5.02 Å². The largest absolute Gasteiger partial charge is 0.324 e. The molecule has 1 aliphatic rings. The summed E-state index contributed by atoms with van der Waals surface area (Å²) in [7, 11) is 1.95. The van der Waals surface area contributed by atoms with E-state index in [-0.39, 0.29) is 0 Å². The predicted molar refractivity (Wildman–Crippen MR) is 81.0 cm³/mol. The number of anilines is 2. The fraction of sp³-hybridized carbons (Fsp3) is 0.0769. The van der Waals surface area contributed by atoms with Crippen molar-refractivity contribution < 1.29 is 0 Å². The van der Waals surface area contributed by atoms with Crippen LogP contribution in [0, 0.1) is 0 Å².